The van der Waals surface area contributed by atoms with Crippen molar-refractivity contribution in [3.63, 3.8) is 0 Å². The van der Waals surface area contributed by atoms with Gasteiger partial charge in [0, 0.05) is 17.0 Å². The number of nitrogens with zero attached hydrogens (tertiary/aromatic N) is 2. The predicted molar refractivity (Wildman–Crippen MR) is 107 cm³/mol. The molecule has 8 nitrogen and oxygen atoms in total. The third-order valence-corrected chi connectivity index (χ3v) is 5.87. The second-order valence-corrected chi connectivity index (χ2v) is 7.83. The Kier molecular flexibility index (Phi) is 5.57. The van der Waals surface area contributed by atoms with Crippen molar-refractivity contribution in [3.05, 3.63) is 55.2 Å². The van der Waals surface area contributed by atoms with Crippen LogP contribution in [0.25, 0.3) is 10.2 Å². The van der Waals surface area contributed by atoms with Gasteiger partial charge in [-0.2, -0.15) is 0 Å². The molecule has 0 atom stereocenters. The van der Waals surface area contributed by atoms with Crippen molar-refractivity contribution in [3.8, 4) is 0 Å². The summed E-state index contributed by atoms with van der Waals surface area (Å²) in [5.74, 6) is -0.324. The smallest absolute Gasteiger partial charge is 0.271 e. The van der Waals surface area contributed by atoms with E-state index in [0.717, 1.165) is 28.6 Å². The minimum atomic E-state index is -0.515. The van der Waals surface area contributed by atoms with Crippen molar-refractivity contribution in [2.24, 2.45) is 0 Å². The molecule has 0 unspecified atom stereocenters. The number of aromatic nitrogens is 2. The molecule has 0 aliphatic heterocycles. The highest BCUT2D eigenvalue weighted by Crippen LogP contribution is 2.25. The number of thiophene rings is 1. The van der Waals surface area contributed by atoms with E-state index in [4.69, 9.17) is 0 Å². The van der Waals surface area contributed by atoms with Gasteiger partial charge in [-0.15, -0.1) is 11.3 Å². The Hall–Kier alpha value is -2.72. The molecule has 0 aliphatic rings. The SMILES string of the molecule is CCc1cc2c(=O)[nH]c(SCC(=O)Nc3cc([N+](=O)[O-])ccc3C)nc2s1. The third-order valence-electron chi connectivity index (χ3n) is 3.83. The van der Waals surface area contributed by atoms with Crippen molar-refractivity contribution < 1.29 is 9.72 Å². The van der Waals surface area contributed by atoms with Gasteiger partial charge in [-0.25, -0.2) is 4.98 Å². The average Bonchev–Trinajstić information content (AvgIpc) is 3.05. The van der Waals surface area contributed by atoms with E-state index in [1.54, 1.807) is 13.0 Å². The van der Waals surface area contributed by atoms with Gasteiger partial charge in [0.05, 0.1) is 21.7 Å². The van der Waals surface area contributed by atoms with E-state index < -0.39 is 4.92 Å². The number of aryl methyl sites for hydroxylation is 2. The van der Waals surface area contributed by atoms with Gasteiger partial charge in [-0.1, -0.05) is 24.8 Å². The molecule has 2 heterocycles. The van der Waals surface area contributed by atoms with Crippen LogP contribution in [0.5, 0.6) is 0 Å². The zero-order chi connectivity index (χ0) is 19.6. The van der Waals surface area contributed by atoms with E-state index in [1.165, 1.54) is 23.5 Å². The van der Waals surface area contributed by atoms with Gasteiger partial charge in [0.25, 0.3) is 11.2 Å². The fourth-order valence-electron chi connectivity index (χ4n) is 2.38. The topological polar surface area (TPSA) is 118 Å². The zero-order valence-electron chi connectivity index (χ0n) is 14.6. The minimum Gasteiger partial charge on any atom is -0.325 e. The van der Waals surface area contributed by atoms with Crippen LogP contribution in [0.1, 0.15) is 17.4 Å². The molecular formula is C17H16N4O4S2. The first-order valence-corrected chi connectivity index (χ1v) is 9.88. The molecule has 1 amide bonds. The molecule has 0 fully saturated rings. The molecule has 0 radical (unpaired) electrons. The number of H-pyrrole nitrogens is 1. The van der Waals surface area contributed by atoms with Crippen LogP contribution in [0.2, 0.25) is 0 Å². The zero-order valence-corrected chi connectivity index (χ0v) is 16.2. The number of hydrogen-bond acceptors (Lipinski definition) is 7. The maximum absolute atomic E-state index is 12.2. The maximum Gasteiger partial charge on any atom is 0.271 e. The van der Waals surface area contributed by atoms with Crippen LogP contribution >= 0.6 is 23.1 Å². The Morgan fingerprint density at radius 2 is 2.19 bits per heavy atom. The molecule has 0 bridgehead atoms. The lowest BCUT2D eigenvalue weighted by Crippen LogP contribution is -2.16. The Bertz CT molecular complexity index is 1090. The van der Waals surface area contributed by atoms with Crippen LogP contribution in [0.15, 0.2) is 34.2 Å². The molecule has 3 aromatic rings. The number of nitro groups is 1. The summed E-state index contributed by atoms with van der Waals surface area (Å²) in [6.07, 6.45) is 0.827. The maximum atomic E-state index is 12.2. The fraction of sp³-hybridized carbons (Fsp3) is 0.235. The lowest BCUT2D eigenvalue weighted by Gasteiger charge is -2.08. The molecule has 27 heavy (non-hydrogen) atoms. The standard InChI is InChI=1S/C17H16N4O4S2/c1-3-11-7-12-15(23)19-17(20-16(12)27-11)26-8-14(22)18-13-6-10(21(24)25)5-4-9(13)2/h4-7H,3,8H2,1-2H3,(H,18,22)(H,19,20,23). The molecule has 1 aromatic carbocycles. The number of carbonyl (C=O) groups excluding carboxylic acids is 1. The number of nitrogens with one attached hydrogen (secondary N) is 2. The number of carbonyl (C=O) groups is 1. The first-order chi connectivity index (χ1) is 12.9. The number of thioether (sulfide) groups is 1. The fourth-order valence-corrected chi connectivity index (χ4v) is 4.07. The Labute approximate surface area is 162 Å². The molecule has 140 valence electrons. The number of non-ortho nitro benzene ring substituents is 1. The first kappa shape index (κ1) is 19.1. The van der Waals surface area contributed by atoms with Gasteiger partial charge in [0.15, 0.2) is 5.16 Å². The van der Waals surface area contributed by atoms with Crippen LogP contribution in [0, 0.1) is 17.0 Å². The van der Waals surface area contributed by atoms with Gasteiger partial charge < -0.3 is 10.3 Å². The lowest BCUT2D eigenvalue weighted by molar-refractivity contribution is -0.384. The van der Waals surface area contributed by atoms with Crippen molar-refractivity contribution in [2.75, 3.05) is 11.1 Å². The number of nitro benzene ring substituents is 1. The van der Waals surface area contributed by atoms with Crippen molar-refractivity contribution in [2.45, 2.75) is 25.4 Å². The number of rotatable bonds is 6. The summed E-state index contributed by atoms with van der Waals surface area (Å²) >= 11 is 2.56. The van der Waals surface area contributed by atoms with Gasteiger partial charge >= 0.3 is 0 Å². The number of aromatic amines is 1. The van der Waals surface area contributed by atoms with Crippen LogP contribution in [-0.4, -0.2) is 26.6 Å². The summed E-state index contributed by atoms with van der Waals surface area (Å²) in [6, 6.07) is 6.12. The van der Waals surface area contributed by atoms with Gasteiger partial charge in [0.1, 0.15) is 4.83 Å². The van der Waals surface area contributed by atoms with E-state index in [1.807, 2.05) is 13.0 Å². The number of hydrogen-bond donors (Lipinski definition) is 2. The highest BCUT2D eigenvalue weighted by atomic mass is 32.2. The normalized spacial score (nSPS) is 10.9. The summed E-state index contributed by atoms with van der Waals surface area (Å²) in [7, 11) is 0. The van der Waals surface area contributed by atoms with E-state index in [-0.39, 0.29) is 22.9 Å². The largest absolute Gasteiger partial charge is 0.325 e. The van der Waals surface area contributed by atoms with Crippen molar-refractivity contribution in [1.29, 1.82) is 0 Å². The Balaban J connectivity index is 1.71. The Morgan fingerprint density at radius 1 is 1.41 bits per heavy atom. The molecule has 0 aliphatic carbocycles. The number of amides is 1. The monoisotopic (exact) mass is 404 g/mol. The average molecular weight is 404 g/mol. The quantitative estimate of drug-likeness (QED) is 0.281. The molecule has 10 heteroatoms. The van der Waals surface area contributed by atoms with E-state index in [0.29, 0.717) is 21.1 Å². The Morgan fingerprint density at radius 3 is 2.89 bits per heavy atom. The number of benzene rings is 1. The number of fused-ring (bicyclic) bond motifs is 1. The molecule has 0 spiro atoms. The highest BCUT2D eigenvalue weighted by Gasteiger charge is 2.13. The summed E-state index contributed by atoms with van der Waals surface area (Å²) < 4.78 is 0. The van der Waals surface area contributed by atoms with Crippen molar-refractivity contribution in [1.82, 2.24) is 9.97 Å². The molecule has 3 rings (SSSR count). The van der Waals surface area contributed by atoms with Gasteiger partial charge in [0.2, 0.25) is 5.91 Å². The van der Waals surface area contributed by atoms with E-state index >= 15 is 0 Å². The highest BCUT2D eigenvalue weighted by molar-refractivity contribution is 7.99. The summed E-state index contributed by atoms with van der Waals surface area (Å²) in [4.78, 5) is 43.5. The second kappa shape index (κ2) is 7.89. The molecular weight excluding hydrogens is 388 g/mol. The van der Waals surface area contributed by atoms with Gasteiger partial charge in [-0.05, 0) is 25.0 Å². The minimum absolute atomic E-state index is 0.0165. The van der Waals surface area contributed by atoms with Gasteiger partial charge in [-0.3, -0.25) is 19.7 Å². The molecule has 0 saturated carbocycles. The van der Waals surface area contributed by atoms with Crippen LogP contribution in [0.4, 0.5) is 11.4 Å². The van der Waals surface area contributed by atoms with Crippen molar-refractivity contribution >= 4 is 50.6 Å². The molecule has 2 N–H and O–H groups in total. The van der Waals surface area contributed by atoms with Crippen LogP contribution in [-0.2, 0) is 11.2 Å². The van der Waals surface area contributed by atoms with E-state index in [9.17, 15) is 19.7 Å². The number of anilines is 1. The third kappa shape index (κ3) is 4.34. The molecule has 2 aromatic heterocycles. The molecule has 0 saturated heterocycles. The first-order valence-electron chi connectivity index (χ1n) is 8.07. The summed E-state index contributed by atoms with van der Waals surface area (Å²) in [5, 5.41) is 14.4. The summed E-state index contributed by atoms with van der Waals surface area (Å²) in [5.41, 5.74) is 0.785. The van der Waals surface area contributed by atoms with Crippen LogP contribution < -0.4 is 10.9 Å². The predicted octanol–water partition coefficient (Wildman–Crippen LogP) is 3.49. The lowest BCUT2D eigenvalue weighted by atomic mass is 10.2. The van der Waals surface area contributed by atoms with E-state index in [2.05, 4.69) is 15.3 Å². The second-order valence-electron chi connectivity index (χ2n) is 5.75. The van der Waals surface area contributed by atoms with Crippen LogP contribution in [0.3, 0.4) is 0 Å². The summed E-state index contributed by atoms with van der Waals surface area (Å²) in [6.45, 7) is 3.76.